The lowest BCUT2D eigenvalue weighted by Crippen LogP contribution is -2.31. The van der Waals surface area contributed by atoms with Gasteiger partial charge < -0.3 is 10.4 Å². The van der Waals surface area contributed by atoms with Gasteiger partial charge in [0.2, 0.25) is 5.91 Å². The van der Waals surface area contributed by atoms with Crippen molar-refractivity contribution in [3.05, 3.63) is 52.3 Å². The third-order valence-electron chi connectivity index (χ3n) is 4.19. The SMILES string of the molecule is Cc1ccc([C@H](CC(=O)O)NC(=O)Cc2c(C)nn(C)c2C)cc1. The highest BCUT2D eigenvalue weighted by Gasteiger charge is 2.20. The van der Waals surface area contributed by atoms with Crippen LogP contribution in [0.3, 0.4) is 0 Å². The van der Waals surface area contributed by atoms with Crippen LogP contribution in [0.5, 0.6) is 0 Å². The number of amides is 1. The monoisotopic (exact) mass is 329 g/mol. The third-order valence-corrected chi connectivity index (χ3v) is 4.19. The molecule has 24 heavy (non-hydrogen) atoms. The van der Waals surface area contributed by atoms with Gasteiger partial charge in [-0.2, -0.15) is 5.10 Å². The minimum atomic E-state index is -0.949. The predicted molar refractivity (Wildman–Crippen MR) is 90.7 cm³/mol. The van der Waals surface area contributed by atoms with Crippen LogP contribution in [0.2, 0.25) is 0 Å². The molecule has 1 amide bonds. The highest BCUT2D eigenvalue weighted by molar-refractivity contribution is 5.80. The summed E-state index contributed by atoms with van der Waals surface area (Å²) < 4.78 is 1.74. The molecule has 0 spiro atoms. The second-order valence-corrected chi connectivity index (χ2v) is 6.08. The van der Waals surface area contributed by atoms with E-state index in [2.05, 4.69) is 10.4 Å². The van der Waals surface area contributed by atoms with Gasteiger partial charge in [0.05, 0.1) is 24.6 Å². The first-order chi connectivity index (χ1) is 11.3. The van der Waals surface area contributed by atoms with Gasteiger partial charge in [0.15, 0.2) is 0 Å². The fourth-order valence-corrected chi connectivity index (χ4v) is 2.70. The van der Waals surface area contributed by atoms with Crippen molar-refractivity contribution in [2.24, 2.45) is 7.05 Å². The minimum Gasteiger partial charge on any atom is -0.481 e. The number of aliphatic carboxylic acids is 1. The highest BCUT2D eigenvalue weighted by Crippen LogP contribution is 2.19. The number of benzene rings is 1. The summed E-state index contributed by atoms with van der Waals surface area (Å²) in [6.07, 6.45) is 0.0350. The molecule has 0 fully saturated rings. The summed E-state index contributed by atoms with van der Waals surface area (Å²) in [5.74, 6) is -1.16. The number of rotatable bonds is 6. The van der Waals surface area contributed by atoms with Crippen LogP contribution in [-0.2, 0) is 23.1 Å². The summed E-state index contributed by atoms with van der Waals surface area (Å²) in [4.78, 5) is 23.6. The van der Waals surface area contributed by atoms with Crippen molar-refractivity contribution in [2.75, 3.05) is 0 Å². The molecule has 0 bridgehead atoms. The first kappa shape index (κ1) is 17.7. The zero-order chi connectivity index (χ0) is 17.9. The van der Waals surface area contributed by atoms with E-state index in [9.17, 15) is 9.59 Å². The molecule has 2 rings (SSSR count). The number of hydrogen-bond donors (Lipinski definition) is 2. The second kappa shape index (κ2) is 7.29. The van der Waals surface area contributed by atoms with Crippen LogP contribution >= 0.6 is 0 Å². The molecule has 2 N–H and O–H groups in total. The molecule has 1 aromatic carbocycles. The van der Waals surface area contributed by atoms with Crippen LogP contribution in [0.15, 0.2) is 24.3 Å². The molecule has 1 atom stereocenters. The smallest absolute Gasteiger partial charge is 0.305 e. The van der Waals surface area contributed by atoms with E-state index in [0.717, 1.165) is 28.1 Å². The molecule has 0 aliphatic carbocycles. The molecule has 128 valence electrons. The van der Waals surface area contributed by atoms with Crippen molar-refractivity contribution in [3.8, 4) is 0 Å². The van der Waals surface area contributed by atoms with Crippen molar-refractivity contribution in [2.45, 2.75) is 39.7 Å². The predicted octanol–water partition coefficient (Wildman–Crippen LogP) is 2.22. The normalized spacial score (nSPS) is 12.0. The second-order valence-electron chi connectivity index (χ2n) is 6.08. The van der Waals surface area contributed by atoms with E-state index >= 15 is 0 Å². The van der Waals surface area contributed by atoms with Crippen molar-refractivity contribution in [3.63, 3.8) is 0 Å². The summed E-state index contributed by atoms with van der Waals surface area (Å²) in [5, 5.41) is 16.3. The van der Waals surface area contributed by atoms with Gasteiger partial charge in [-0.25, -0.2) is 0 Å². The highest BCUT2D eigenvalue weighted by atomic mass is 16.4. The first-order valence-electron chi connectivity index (χ1n) is 7.84. The molecule has 0 saturated heterocycles. The number of aryl methyl sites for hydroxylation is 3. The number of hydrogen-bond acceptors (Lipinski definition) is 3. The minimum absolute atomic E-state index is 0.153. The number of carboxylic acids is 1. The Kier molecular flexibility index (Phi) is 5.39. The van der Waals surface area contributed by atoms with Gasteiger partial charge in [0.1, 0.15) is 0 Å². The lowest BCUT2D eigenvalue weighted by atomic mass is 10.0. The van der Waals surface area contributed by atoms with Gasteiger partial charge in [-0.05, 0) is 26.3 Å². The lowest BCUT2D eigenvalue weighted by molar-refractivity contribution is -0.137. The van der Waals surface area contributed by atoms with Gasteiger partial charge in [0.25, 0.3) is 0 Å². The Morgan fingerprint density at radius 1 is 1.21 bits per heavy atom. The van der Waals surface area contributed by atoms with Gasteiger partial charge in [-0.15, -0.1) is 0 Å². The number of nitrogens with one attached hydrogen (secondary N) is 1. The van der Waals surface area contributed by atoms with Crippen LogP contribution in [0.4, 0.5) is 0 Å². The fourth-order valence-electron chi connectivity index (χ4n) is 2.70. The van der Waals surface area contributed by atoms with E-state index in [0.29, 0.717) is 0 Å². The number of carboxylic acid groups (broad SMARTS) is 1. The van der Waals surface area contributed by atoms with E-state index in [-0.39, 0.29) is 18.7 Å². The summed E-state index contributed by atoms with van der Waals surface area (Å²) in [5.41, 5.74) is 4.51. The summed E-state index contributed by atoms with van der Waals surface area (Å²) in [6, 6.07) is 6.97. The van der Waals surface area contributed by atoms with Gasteiger partial charge >= 0.3 is 5.97 Å². The van der Waals surface area contributed by atoms with E-state index in [1.54, 1.807) is 4.68 Å². The Labute approximate surface area is 141 Å². The summed E-state index contributed by atoms with van der Waals surface area (Å²) in [7, 11) is 1.84. The van der Waals surface area contributed by atoms with Crippen LogP contribution in [0, 0.1) is 20.8 Å². The zero-order valence-corrected chi connectivity index (χ0v) is 14.5. The van der Waals surface area contributed by atoms with E-state index < -0.39 is 12.0 Å². The van der Waals surface area contributed by atoms with Crippen LogP contribution in [0.25, 0.3) is 0 Å². The number of aromatic nitrogens is 2. The van der Waals surface area contributed by atoms with Crippen LogP contribution < -0.4 is 5.32 Å². The van der Waals surface area contributed by atoms with Gasteiger partial charge in [-0.1, -0.05) is 29.8 Å². The Balaban J connectivity index is 2.15. The number of carbonyl (C=O) groups excluding carboxylic acids is 1. The molecule has 1 aromatic heterocycles. The third kappa shape index (κ3) is 4.22. The summed E-state index contributed by atoms with van der Waals surface area (Å²) >= 11 is 0. The molecular weight excluding hydrogens is 306 g/mol. The topological polar surface area (TPSA) is 84.2 Å². The molecule has 0 radical (unpaired) electrons. The molecule has 2 aromatic rings. The maximum Gasteiger partial charge on any atom is 0.305 e. The molecule has 0 aliphatic rings. The average Bonchev–Trinajstić information content (AvgIpc) is 2.73. The number of carbonyl (C=O) groups is 2. The van der Waals surface area contributed by atoms with Gasteiger partial charge in [0, 0.05) is 18.3 Å². The average molecular weight is 329 g/mol. The maximum atomic E-state index is 12.4. The van der Waals surface area contributed by atoms with E-state index in [1.165, 1.54) is 0 Å². The molecule has 0 saturated carbocycles. The quantitative estimate of drug-likeness (QED) is 0.851. The van der Waals surface area contributed by atoms with E-state index in [1.807, 2.05) is 52.1 Å². The molecule has 0 aliphatic heterocycles. The molecule has 1 heterocycles. The Morgan fingerprint density at radius 2 is 1.83 bits per heavy atom. The largest absolute Gasteiger partial charge is 0.481 e. The fraction of sp³-hybridized carbons (Fsp3) is 0.389. The molecular formula is C18H23N3O3. The van der Waals surface area contributed by atoms with E-state index in [4.69, 9.17) is 5.11 Å². The Bertz CT molecular complexity index is 748. The molecule has 0 unspecified atom stereocenters. The molecule has 6 nitrogen and oxygen atoms in total. The summed E-state index contributed by atoms with van der Waals surface area (Å²) in [6.45, 7) is 5.74. The standard InChI is InChI=1S/C18H23N3O3/c1-11-5-7-14(8-6-11)16(10-18(23)24)19-17(22)9-15-12(2)20-21(4)13(15)3/h5-8,16H,9-10H2,1-4H3,(H,19,22)(H,23,24)/t16-/m0/s1. The Hall–Kier alpha value is -2.63. The molecule has 6 heteroatoms. The van der Waals surface area contributed by atoms with Crippen molar-refractivity contribution < 1.29 is 14.7 Å². The van der Waals surface area contributed by atoms with Crippen molar-refractivity contribution >= 4 is 11.9 Å². The first-order valence-corrected chi connectivity index (χ1v) is 7.84. The lowest BCUT2D eigenvalue weighted by Gasteiger charge is -2.18. The Morgan fingerprint density at radius 3 is 2.33 bits per heavy atom. The zero-order valence-electron chi connectivity index (χ0n) is 14.5. The maximum absolute atomic E-state index is 12.4. The van der Waals surface area contributed by atoms with Gasteiger partial charge in [-0.3, -0.25) is 14.3 Å². The van der Waals surface area contributed by atoms with Crippen molar-refractivity contribution in [1.29, 1.82) is 0 Å². The van der Waals surface area contributed by atoms with Crippen LogP contribution in [0.1, 0.15) is 40.5 Å². The van der Waals surface area contributed by atoms with Crippen molar-refractivity contribution in [1.82, 2.24) is 15.1 Å². The number of nitrogens with zero attached hydrogens (tertiary/aromatic N) is 2. The van der Waals surface area contributed by atoms with Crippen LogP contribution in [-0.4, -0.2) is 26.8 Å².